The molecule has 1 aromatic heterocycles. The molecule has 0 atom stereocenters. The fourth-order valence-corrected chi connectivity index (χ4v) is 3.05. The predicted molar refractivity (Wildman–Crippen MR) is 103 cm³/mol. The van der Waals surface area contributed by atoms with Gasteiger partial charge in [0.25, 0.3) is 5.56 Å². The number of carbonyl (C=O) groups excluding carboxylic acids is 1. The van der Waals surface area contributed by atoms with Crippen LogP contribution in [0.2, 0.25) is 10.0 Å². The van der Waals surface area contributed by atoms with Crippen molar-refractivity contribution in [3.05, 3.63) is 68.1 Å². The molecule has 0 saturated carbocycles. The van der Waals surface area contributed by atoms with Crippen molar-refractivity contribution in [1.82, 2.24) is 9.78 Å². The van der Waals surface area contributed by atoms with Crippen LogP contribution in [-0.4, -0.2) is 26.8 Å². The van der Waals surface area contributed by atoms with Crippen LogP contribution < -0.4 is 10.9 Å². The first-order chi connectivity index (χ1) is 12.8. The Kier molecular flexibility index (Phi) is 5.16. The Labute approximate surface area is 163 Å². The molecule has 138 valence electrons. The highest BCUT2D eigenvalue weighted by atomic mass is 35.5. The molecule has 0 aliphatic heterocycles. The lowest BCUT2D eigenvalue weighted by atomic mass is 10.1. The number of aryl methyl sites for hydroxylation is 1. The Bertz CT molecular complexity index is 1140. The first kappa shape index (κ1) is 18.9. The van der Waals surface area contributed by atoms with E-state index >= 15 is 0 Å². The number of carbonyl (C=O) groups is 2. The first-order valence-corrected chi connectivity index (χ1v) is 8.52. The summed E-state index contributed by atoms with van der Waals surface area (Å²) < 4.78 is 0.804. The van der Waals surface area contributed by atoms with Crippen LogP contribution in [-0.2, 0) is 11.3 Å². The van der Waals surface area contributed by atoms with Crippen molar-refractivity contribution in [3.63, 3.8) is 0 Å². The van der Waals surface area contributed by atoms with Gasteiger partial charge >= 0.3 is 5.97 Å². The van der Waals surface area contributed by atoms with E-state index in [9.17, 15) is 19.5 Å². The van der Waals surface area contributed by atoms with Gasteiger partial charge in [-0.3, -0.25) is 9.59 Å². The molecule has 0 radical (unpaired) electrons. The van der Waals surface area contributed by atoms with Crippen LogP contribution in [0.25, 0.3) is 10.8 Å². The van der Waals surface area contributed by atoms with Crippen molar-refractivity contribution in [2.75, 3.05) is 5.32 Å². The van der Waals surface area contributed by atoms with Crippen LogP contribution in [0, 0.1) is 6.92 Å². The Morgan fingerprint density at radius 3 is 2.48 bits per heavy atom. The smallest absolute Gasteiger partial charge is 0.357 e. The van der Waals surface area contributed by atoms with Crippen LogP contribution in [0.15, 0.2) is 41.2 Å². The number of aromatic carboxylic acids is 1. The van der Waals surface area contributed by atoms with Gasteiger partial charge in [0.05, 0.1) is 21.1 Å². The molecule has 0 spiro atoms. The van der Waals surface area contributed by atoms with Gasteiger partial charge in [0.1, 0.15) is 6.54 Å². The zero-order chi connectivity index (χ0) is 19.7. The number of aromatic nitrogens is 2. The Hall–Kier alpha value is -2.90. The summed E-state index contributed by atoms with van der Waals surface area (Å²) in [5.41, 5.74) is 0.0398. The summed E-state index contributed by atoms with van der Waals surface area (Å²) >= 11 is 12.2. The summed E-state index contributed by atoms with van der Waals surface area (Å²) in [5.74, 6) is -1.92. The summed E-state index contributed by atoms with van der Waals surface area (Å²) in [6.07, 6.45) is 0. The molecule has 0 aliphatic carbocycles. The molecule has 0 aliphatic rings. The maximum atomic E-state index is 12.6. The third-order valence-corrected chi connectivity index (χ3v) is 4.71. The van der Waals surface area contributed by atoms with E-state index in [0.717, 1.165) is 4.68 Å². The van der Waals surface area contributed by atoms with Crippen molar-refractivity contribution in [2.24, 2.45) is 0 Å². The molecule has 2 N–H and O–H groups in total. The van der Waals surface area contributed by atoms with Crippen molar-refractivity contribution in [3.8, 4) is 0 Å². The standard InChI is InChI=1S/C18H13Cl2N3O4/c1-9-6-7-12(19)16(14(9)20)21-13(24)8-23-17(25)11-5-3-2-4-10(11)15(22-23)18(26)27/h2-7H,8H2,1H3,(H,21,24)(H,26,27). The molecule has 3 aromatic rings. The van der Waals surface area contributed by atoms with Crippen LogP contribution in [0.1, 0.15) is 16.1 Å². The minimum Gasteiger partial charge on any atom is -0.476 e. The average molecular weight is 406 g/mol. The maximum Gasteiger partial charge on any atom is 0.357 e. The molecule has 0 fully saturated rings. The second kappa shape index (κ2) is 7.38. The number of hydrogen-bond acceptors (Lipinski definition) is 4. The topological polar surface area (TPSA) is 101 Å². The number of amides is 1. The van der Waals surface area contributed by atoms with E-state index in [1.807, 2.05) is 0 Å². The van der Waals surface area contributed by atoms with Crippen LogP contribution in [0.5, 0.6) is 0 Å². The summed E-state index contributed by atoms with van der Waals surface area (Å²) in [7, 11) is 0. The number of carboxylic acid groups (broad SMARTS) is 1. The molecular formula is C18H13Cl2N3O4. The van der Waals surface area contributed by atoms with Gasteiger partial charge in [-0.05, 0) is 24.6 Å². The Balaban J connectivity index is 1.99. The predicted octanol–water partition coefficient (Wildman–Crippen LogP) is 3.35. The summed E-state index contributed by atoms with van der Waals surface area (Å²) in [6, 6.07) is 9.47. The lowest BCUT2D eigenvalue weighted by Crippen LogP contribution is -2.31. The molecule has 2 aromatic carbocycles. The molecule has 0 saturated heterocycles. The summed E-state index contributed by atoms with van der Waals surface area (Å²) in [4.78, 5) is 36.4. The van der Waals surface area contributed by atoms with Crippen molar-refractivity contribution in [2.45, 2.75) is 13.5 Å². The average Bonchev–Trinajstić information content (AvgIpc) is 2.64. The van der Waals surface area contributed by atoms with Gasteiger partial charge in [0.15, 0.2) is 5.69 Å². The Morgan fingerprint density at radius 2 is 1.81 bits per heavy atom. The van der Waals surface area contributed by atoms with E-state index in [-0.39, 0.29) is 32.2 Å². The lowest BCUT2D eigenvalue weighted by molar-refractivity contribution is -0.117. The SMILES string of the molecule is Cc1ccc(Cl)c(NC(=O)Cn2nc(C(=O)O)c3ccccc3c2=O)c1Cl. The van der Waals surface area contributed by atoms with Crippen LogP contribution in [0.3, 0.4) is 0 Å². The second-order valence-corrected chi connectivity index (χ2v) is 6.55. The van der Waals surface area contributed by atoms with Crippen LogP contribution in [0.4, 0.5) is 5.69 Å². The molecule has 0 unspecified atom stereocenters. The third kappa shape index (κ3) is 3.65. The minimum absolute atomic E-state index is 0.157. The largest absolute Gasteiger partial charge is 0.476 e. The fraction of sp³-hybridized carbons (Fsp3) is 0.111. The lowest BCUT2D eigenvalue weighted by Gasteiger charge is -2.12. The number of halogens is 2. The summed E-state index contributed by atoms with van der Waals surface area (Å²) in [5, 5.41) is 16.6. The molecule has 1 amide bonds. The fourth-order valence-electron chi connectivity index (χ4n) is 2.59. The van der Waals surface area contributed by atoms with E-state index in [4.69, 9.17) is 23.2 Å². The van der Waals surface area contributed by atoms with Gasteiger partial charge < -0.3 is 10.4 Å². The molecule has 27 heavy (non-hydrogen) atoms. The van der Waals surface area contributed by atoms with Gasteiger partial charge in [-0.15, -0.1) is 0 Å². The van der Waals surface area contributed by atoms with E-state index in [2.05, 4.69) is 10.4 Å². The van der Waals surface area contributed by atoms with Crippen molar-refractivity contribution < 1.29 is 14.7 Å². The van der Waals surface area contributed by atoms with E-state index in [0.29, 0.717) is 5.56 Å². The van der Waals surface area contributed by atoms with E-state index < -0.39 is 24.0 Å². The number of fused-ring (bicyclic) bond motifs is 1. The highest BCUT2D eigenvalue weighted by Crippen LogP contribution is 2.32. The van der Waals surface area contributed by atoms with Gasteiger partial charge in [-0.25, -0.2) is 9.48 Å². The monoisotopic (exact) mass is 405 g/mol. The van der Waals surface area contributed by atoms with Gasteiger partial charge in [0.2, 0.25) is 5.91 Å². The zero-order valence-corrected chi connectivity index (χ0v) is 15.5. The van der Waals surface area contributed by atoms with Gasteiger partial charge in [-0.1, -0.05) is 47.5 Å². The number of anilines is 1. The maximum absolute atomic E-state index is 12.6. The third-order valence-electron chi connectivity index (χ3n) is 3.91. The van der Waals surface area contributed by atoms with E-state index in [1.165, 1.54) is 12.1 Å². The Morgan fingerprint density at radius 1 is 1.15 bits per heavy atom. The quantitative estimate of drug-likeness (QED) is 0.692. The molecule has 9 heteroatoms. The second-order valence-electron chi connectivity index (χ2n) is 5.76. The molecule has 7 nitrogen and oxygen atoms in total. The number of rotatable bonds is 4. The number of carboxylic acids is 1. The number of nitrogens with zero attached hydrogens (tertiary/aromatic N) is 2. The summed E-state index contributed by atoms with van der Waals surface area (Å²) in [6.45, 7) is 1.26. The van der Waals surface area contributed by atoms with Crippen LogP contribution >= 0.6 is 23.2 Å². The molecule has 0 bridgehead atoms. The molecular weight excluding hydrogens is 393 g/mol. The van der Waals surface area contributed by atoms with Gasteiger partial charge in [-0.2, -0.15) is 5.10 Å². The highest BCUT2D eigenvalue weighted by molar-refractivity contribution is 6.40. The number of benzene rings is 2. The van der Waals surface area contributed by atoms with E-state index in [1.54, 1.807) is 31.2 Å². The number of hydrogen-bond donors (Lipinski definition) is 2. The minimum atomic E-state index is -1.30. The van der Waals surface area contributed by atoms with Gasteiger partial charge in [0, 0.05) is 5.39 Å². The molecule has 3 rings (SSSR count). The van der Waals surface area contributed by atoms with Crippen molar-refractivity contribution in [1.29, 1.82) is 0 Å². The van der Waals surface area contributed by atoms with Crippen molar-refractivity contribution >= 4 is 51.5 Å². The zero-order valence-electron chi connectivity index (χ0n) is 14.0. The highest BCUT2D eigenvalue weighted by Gasteiger charge is 2.18. The molecule has 1 heterocycles. The first-order valence-electron chi connectivity index (χ1n) is 7.77. The number of nitrogens with one attached hydrogen (secondary N) is 1. The normalized spacial score (nSPS) is 10.8.